The van der Waals surface area contributed by atoms with Gasteiger partial charge in [-0.15, -0.1) is 0 Å². The maximum absolute atomic E-state index is 12.1. The standard InChI is InChI=1S/C17H25BN2O4/c21-16(10-12-20-11-6-2-5-9-17(20)22)19-15(18(23)24)13-14-7-3-1-4-8-14/h1,3-4,7-8,15,23-24H,2,5-6,9-13H2,(H,19,21)/t15-/m0/s1. The van der Waals surface area contributed by atoms with Crippen LogP contribution >= 0.6 is 0 Å². The molecule has 1 aliphatic heterocycles. The van der Waals surface area contributed by atoms with E-state index in [9.17, 15) is 19.6 Å². The van der Waals surface area contributed by atoms with Gasteiger partial charge in [0.1, 0.15) is 0 Å². The highest BCUT2D eigenvalue weighted by molar-refractivity contribution is 6.43. The first-order chi connectivity index (χ1) is 11.6. The lowest BCUT2D eigenvalue weighted by Gasteiger charge is -2.22. The molecule has 1 aliphatic rings. The molecule has 1 atom stereocenters. The molecule has 1 aromatic rings. The number of likely N-dealkylation sites (tertiary alicyclic amines) is 1. The third-order valence-corrected chi connectivity index (χ3v) is 4.28. The van der Waals surface area contributed by atoms with Crippen molar-refractivity contribution >= 4 is 18.9 Å². The van der Waals surface area contributed by atoms with Crippen molar-refractivity contribution in [2.24, 2.45) is 0 Å². The molecule has 1 saturated heterocycles. The number of carbonyl (C=O) groups is 2. The van der Waals surface area contributed by atoms with E-state index in [-0.39, 0.29) is 18.2 Å². The van der Waals surface area contributed by atoms with Crippen LogP contribution in [0.5, 0.6) is 0 Å². The van der Waals surface area contributed by atoms with E-state index in [4.69, 9.17) is 0 Å². The van der Waals surface area contributed by atoms with Gasteiger partial charge < -0.3 is 20.3 Å². The maximum atomic E-state index is 12.1. The molecule has 130 valence electrons. The van der Waals surface area contributed by atoms with Crippen LogP contribution in [0.4, 0.5) is 0 Å². The molecule has 0 aliphatic carbocycles. The molecule has 3 N–H and O–H groups in total. The summed E-state index contributed by atoms with van der Waals surface area (Å²) in [7, 11) is -1.63. The molecule has 0 radical (unpaired) electrons. The van der Waals surface area contributed by atoms with E-state index >= 15 is 0 Å². The predicted molar refractivity (Wildman–Crippen MR) is 91.9 cm³/mol. The maximum Gasteiger partial charge on any atom is 0.475 e. The Kier molecular flexibility index (Phi) is 7.27. The lowest BCUT2D eigenvalue weighted by Crippen LogP contribution is -2.48. The third kappa shape index (κ3) is 5.98. The quantitative estimate of drug-likeness (QED) is 0.635. The molecule has 1 fully saturated rings. The smallest absolute Gasteiger partial charge is 0.426 e. The summed E-state index contributed by atoms with van der Waals surface area (Å²) in [6, 6.07) is 9.35. The molecule has 24 heavy (non-hydrogen) atoms. The van der Waals surface area contributed by atoms with Gasteiger partial charge in [0.2, 0.25) is 11.8 Å². The van der Waals surface area contributed by atoms with E-state index in [1.807, 2.05) is 30.3 Å². The van der Waals surface area contributed by atoms with Crippen LogP contribution in [0.3, 0.4) is 0 Å². The molecule has 7 heteroatoms. The van der Waals surface area contributed by atoms with E-state index in [2.05, 4.69) is 5.32 Å². The topological polar surface area (TPSA) is 89.9 Å². The molecule has 0 unspecified atom stereocenters. The molecule has 1 aromatic carbocycles. The van der Waals surface area contributed by atoms with Gasteiger partial charge in [-0.1, -0.05) is 36.8 Å². The Balaban J connectivity index is 1.83. The Labute approximate surface area is 143 Å². The van der Waals surface area contributed by atoms with Crippen LogP contribution in [-0.4, -0.2) is 52.9 Å². The van der Waals surface area contributed by atoms with Gasteiger partial charge in [-0.3, -0.25) is 9.59 Å². The summed E-state index contributed by atoms with van der Waals surface area (Å²) in [6.45, 7) is 1.08. The summed E-state index contributed by atoms with van der Waals surface area (Å²) in [4.78, 5) is 25.8. The summed E-state index contributed by atoms with van der Waals surface area (Å²) in [5.41, 5.74) is 0.915. The lowest BCUT2D eigenvalue weighted by molar-refractivity contribution is -0.131. The van der Waals surface area contributed by atoms with E-state index in [1.54, 1.807) is 4.90 Å². The number of amides is 2. The van der Waals surface area contributed by atoms with Crippen molar-refractivity contribution in [1.82, 2.24) is 10.2 Å². The summed E-state index contributed by atoms with van der Waals surface area (Å²) in [5.74, 6) is -0.941. The van der Waals surface area contributed by atoms with Crippen molar-refractivity contribution in [2.75, 3.05) is 13.1 Å². The number of benzene rings is 1. The largest absolute Gasteiger partial charge is 0.475 e. The van der Waals surface area contributed by atoms with E-state index in [0.717, 1.165) is 24.8 Å². The van der Waals surface area contributed by atoms with Gasteiger partial charge >= 0.3 is 7.12 Å². The zero-order valence-corrected chi connectivity index (χ0v) is 13.9. The fourth-order valence-corrected chi connectivity index (χ4v) is 2.89. The Morgan fingerprint density at radius 2 is 1.96 bits per heavy atom. The summed E-state index contributed by atoms with van der Waals surface area (Å²) in [6.07, 6.45) is 3.99. The van der Waals surface area contributed by atoms with Crippen molar-refractivity contribution in [3.8, 4) is 0 Å². The second-order valence-corrected chi connectivity index (χ2v) is 6.22. The van der Waals surface area contributed by atoms with Crippen molar-refractivity contribution in [2.45, 2.75) is 44.5 Å². The summed E-state index contributed by atoms with van der Waals surface area (Å²) in [5, 5.41) is 21.6. The first-order valence-electron chi connectivity index (χ1n) is 8.53. The zero-order chi connectivity index (χ0) is 17.4. The minimum Gasteiger partial charge on any atom is -0.426 e. The predicted octanol–water partition coefficient (Wildman–Crippen LogP) is 0.519. The number of carbonyl (C=O) groups excluding carboxylic acids is 2. The van der Waals surface area contributed by atoms with Crippen LogP contribution in [-0.2, 0) is 16.0 Å². The molecular formula is C17H25BN2O4. The van der Waals surface area contributed by atoms with Crippen molar-refractivity contribution in [3.63, 3.8) is 0 Å². The molecule has 0 bridgehead atoms. The number of nitrogens with one attached hydrogen (secondary N) is 1. The van der Waals surface area contributed by atoms with Crippen LogP contribution in [0.1, 0.15) is 37.7 Å². The zero-order valence-electron chi connectivity index (χ0n) is 13.9. The Bertz CT molecular complexity index is 539. The average Bonchev–Trinajstić information content (AvgIpc) is 2.77. The molecule has 2 rings (SSSR count). The fourth-order valence-electron chi connectivity index (χ4n) is 2.89. The minimum atomic E-state index is -1.63. The van der Waals surface area contributed by atoms with Crippen LogP contribution in [0.15, 0.2) is 30.3 Å². The van der Waals surface area contributed by atoms with E-state index in [1.165, 1.54) is 0 Å². The highest BCUT2D eigenvalue weighted by Crippen LogP contribution is 2.11. The van der Waals surface area contributed by atoms with E-state index in [0.29, 0.717) is 25.9 Å². The SMILES string of the molecule is O=C(CCN1CCCCCC1=O)N[C@@H](Cc1ccccc1)B(O)O. The van der Waals surface area contributed by atoms with Gasteiger partial charge in [0.05, 0.1) is 5.94 Å². The highest BCUT2D eigenvalue weighted by atomic mass is 16.4. The summed E-state index contributed by atoms with van der Waals surface area (Å²) >= 11 is 0. The monoisotopic (exact) mass is 332 g/mol. The van der Waals surface area contributed by atoms with Crippen molar-refractivity contribution in [3.05, 3.63) is 35.9 Å². The number of nitrogens with zero attached hydrogens (tertiary/aromatic N) is 1. The fraction of sp³-hybridized carbons (Fsp3) is 0.529. The van der Waals surface area contributed by atoms with Gasteiger partial charge in [-0.05, 0) is 24.8 Å². The Morgan fingerprint density at radius 1 is 1.21 bits per heavy atom. The summed E-state index contributed by atoms with van der Waals surface area (Å²) < 4.78 is 0. The first-order valence-corrected chi connectivity index (χ1v) is 8.53. The van der Waals surface area contributed by atoms with Crippen LogP contribution in [0.25, 0.3) is 0 Å². The number of rotatable bonds is 7. The van der Waals surface area contributed by atoms with Crippen molar-refractivity contribution < 1.29 is 19.6 Å². The Hall–Kier alpha value is -1.86. The number of hydrogen-bond acceptors (Lipinski definition) is 4. The van der Waals surface area contributed by atoms with Crippen molar-refractivity contribution in [1.29, 1.82) is 0 Å². The van der Waals surface area contributed by atoms with Crippen LogP contribution < -0.4 is 5.32 Å². The van der Waals surface area contributed by atoms with Crippen LogP contribution in [0.2, 0.25) is 0 Å². The second-order valence-electron chi connectivity index (χ2n) is 6.22. The molecule has 2 amide bonds. The number of hydrogen-bond donors (Lipinski definition) is 3. The normalized spacial score (nSPS) is 16.4. The van der Waals surface area contributed by atoms with Gasteiger partial charge in [0.15, 0.2) is 0 Å². The van der Waals surface area contributed by atoms with Gasteiger partial charge in [0, 0.05) is 25.9 Å². The van der Waals surface area contributed by atoms with Gasteiger partial charge in [-0.2, -0.15) is 0 Å². The average molecular weight is 332 g/mol. The van der Waals surface area contributed by atoms with E-state index < -0.39 is 13.1 Å². The molecule has 0 spiro atoms. The van der Waals surface area contributed by atoms with Gasteiger partial charge in [-0.25, -0.2) is 0 Å². The molecule has 0 saturated carbocycles. The first kappa shape index (κ1) is 18.5. The lowest BCUT2D eigenvalue weighted by atomic mass is 9.76. The van der Waals surface area contributed by atoms with Gasteiger partial charge in [0.25, 0.3) is 0 Å². The third-order valence-electron chi connectivity index (χ3n) is 4.28. The highest BCUT2D eigenvalue weighted by Gasteiger charge is 2.26. The Morgan fingerprint density at radius 3 is 2.67 bits per heavy atom. The second kappa shape index (κ2) is 9.44. The molecule has 6 nitrogen and oxygen atoms in total. The molecule has 0 aromatic heterocycles. The minimum absolute atomic E-state index is 0.100. The molecular weight excluding hydrogens is 307 g/mol. The molecule has 1 heterocycles. The van der Waals surface area contributed by atoms with Crippen LogP contribution in [0, 0.1) is 0 Å².